The van der Waals surface area contributed by atoms with E-state index in [4.69, 9.17) is 14.2 Å². The zero-order valence-electron chi connectivity index (χ0n) is 12.6. The van der Waals surface area contributed by atoms with Gasteiger partial charge >= 0.3 is 5.97 Å². The molecule has 0 heterocycles. The van der Waals surface area contributed by atoms with Gasteiger partial charge in [0, 0.05) is 6.07 Å². The Labute approximate surface area is 124 Å². The van der Waals surface area contributed by atoms with Crippen LogP contribution in [0.1, 0.15) is 21.5 Å². The summed E-state index contributed by atoms with van der Waals surface area (Å²) in [6.45, 7) is 3.98. The molecule has 0 aliphatic heterocycles. The first-order chi connectivity index (χ1) is 10.0. The molecule has 0 saturated heterocycles. The molecule has 0 aliphatic rings. The Morgan fingerprint density at radius 2 is 1.43 bits per heavy atom. The van der Waals surface area contributed by atoms with E-state index in [1.807, 2.05) is 26.0 Å². The Balaban J connectivity index is 2.25. The van der Waals surface area contributed by atoms with Crippen LogP contribution < -0.4 is 14.2 Å². The van der Waals surface area contributed by atoms with Gasteiger partial charge in [-0.3, -0.25) is 0 Å². The monoisotopic (exact) mass is 286 g/mol. The van der Waals surface area contributed by atoms with Crippen molar-refractivity contribution in [2.45, 2.75) is 13.8 Å². The Morgan fingerprint density at radius 1 is 0.810 bits per heavy atom. The normalized spacial score (nSPS) is 10.1. The molecular formula is C17H18O4. The van der Waals surface area contributed by atoms with Crippen molar-refractivity contribution in [3.8, 4) is 17.2 Å². The predicted molar refractivity (Wildman–Crippen MR) is 80.4 cm³/mol. The molecule has 4 nitrogen and oxygen atoms in total. The maximum atomic E-state index is 12.2. The molecule has 0 spiro atoms. The standard InChI is InChI=1S/C17H18O4/c1-11-5-6-14(7-12(11)2)21-17(18)13-8-15(19-3)10-16(9-13)20-4/h5-10H,1-4H3. The Kier molecular flexibility index (Phi) is 4.48. The summed E-state index contributed by atoms with van der Waals surface area (Å²) in [6.07, 6.45) is 0. The number of aryl methyl sites for hydroxylation is 2. The summed E-state index contributed by atoms with van der Waals surface area (Å²) in [5.41, 5.74) is 2.60. The van der Waals surface area contributed by atoms with Gasteiger partial charge in [0.15, 0.2) is 0 Å². The van der Waals surface area contributed by atoms with Crippen LogP contribution in [0.25, 0.3) is 0 Å². The fourth-order valence-corrected chi connectivity index (χ4v) is 1.87. The molecule has 0 atom stereocenters. The van der Waals surface area contributed by atoms with E-state index < -0.39 is 5.97 Å². The molecule has 0 saturated carbocycles. The Morgan fingerprint density at radius 3 is 1.95 bits per heavy atom. The molecule has 21 heavy (non-hydrogen) atoms. The zero-order chi connectivity index (χ0) is 15.4. The molecule has 2 aromatic carbocycles. The largest absolute Gasteiger partial charge is 0.497 e. The smallest absolute Gasteiger partial charge is 0.343 e. The van der Waals surface area contributed by atoms with E-state index in [1.54, 1.807) is 24.3 Å². The van der Waals surface area contributed by atoms with Crippen LogP contribution in [0.2, 0.25) is 0 Å². The second-order valence-electron chi connectivity index (χ2n) is 4.74. The average Bonchev–Trinajstić information content (AvgIpc) is 2.50. The molecule has 0 amide bonds. The SMILES string of the molecule is COc1cc(OC)cc(C(=O)Oc2ccc(C)c(C)c2)c1. The third-order valence-corrected chi connectivity index (χ3v) is 3.28. The third kappa shape index (κ3) is 3.54. The minimum absolute atomic E-state index is 0.379. The summed E-state index contributed by atoms with van der Waals surface area (Å²) in [6, 6.07) is 10.5. The molecule has 0 fully saturated rings. The number of hydrogen-bond donors (Lipinski definition) is 0. The van der Waals surface area contributed by atoms with Gasteiger partial charge in [-0.05, 0) is 49.2 Å². The van der Waals surface area contributed by atoms with Crippen LogP contribution in [0.4, 0.5) is 0 Å². The summed E-state index contributed by atoms with van der Waals surface area (Å²) < 4.78 is 15.7. The molecule has 0 aromatic heterocycles. The van der Waals surface area contributed by atoms with Crippen LogP contribution in [0.3, 0.4) is 0 Å². The van der Waals surface area contributed by atoms with Gasteiger partial charge in [-0.2, -0.15) is 0 Å². The highest BCUT2D eigenvalue weighted by Crippen LogP contribution is 2.24. The number of carbonyl (C=O) groups excluding carboxylic acids is 1. The van der Waals surface area contributed by atoms with Crippen molar-refractivity contribution in [3.05, 3.63) is 53.1 Å². The second kappa shape index (κ2) is 6.31. The van der Waals surface area contributed by atoms with Crippen LogP contribution >= 0.6 is 0 Å². The number of benzene rings is 2. The van der Waals surface area contributed by atoms with Crippen molar-refractivity contribution in [3.63, 3.8) is 0 Å². The quantitative estimate of drug-likeness (QED) is 0.637. The lowest BCUT2D eigenvalue weighted by atomic mass is 10.1. The van der Waals surface area contributed by atoms with Crippen LogP contribution in [0, 0.1) is 13.8 Å². The summed E-state index contributed by atoms with van der Waals surface area (Å²) in [4.78, 5) is 12.2. The molecule has 0 bridgehead atoms. The van der Waals surface area contributed by atoms with Gasteiger partial charge in [-0.25, -0.2) is 4.79 Å². The van der Waals surface area contributed by atoms with E-state index in [9.17, 15) is 4.79 Å². The van der Waals surface area contributed by atoms with E-state index in [0.717, 1.165) is 11.1 Å². The van der Waals surface area contributed by atoms with Gasteiger partial charge in [-0.15, -0.1) is 0 Å². The lowest BCUT2D eigenvalue weighted by Gasteiger charge is -2.09. The van der Waals surface area contributed by atoms with Crippen molar-refractivity contribution in [2.75, 3.05) is 14.2 Å². The van der Waals surface area contributed by atoms with Gasteiger partial charge < -0.3 is 14.2 Å². The van der Waals surface area contributed by atoms with Gasteiger partial charge in [-0.1, -0.05) is 6.07 Å². The Hall–Kier alpha value is -2.49. The molecule has 2 rings (SSSR count). The maximum Gasteiger partial charge on any atom is 0.343 e. The van der Waals surface area contributed by atoms with Crippen LogP contribution in [0.5, 0.6) is 17.2 Å². The van der Waals surface area contributed by atoms with E-state index in [2.05, 4.69) is 0 Å². The van der Waals surface area contributed by atoms with Crippen molar-refractivity contribution in [1.29, 1.82) is 0 Å². The second-order valence-corrected chi connectivity index (χ2v) is 4.74. The van der Waals surface area contributed by atoms with E-state index in [-0.39, 0.29) is 0 Å². The van der Waals surface area contributed by atoms with Crippen molar-refractivity contribution in [2.24, 2.45) is 0 Å². The first-order valence-corrected chi connectivity index (χ1v) is 6.56. The van der Waals surface area contributed by atoms with Crippen molar-refractivity contribution >= 4 is 5.97 Å². The number of rotatable bonds is 4. The summed E-state index contributed by atoms with van der Waals surface area (Å²) in [7, 11) is 3.07. The highest BCUT2D eigenvalue weighted by atomic mass is 16.5. The molecular weight excluding hydrogens is 268 g/mol. The van der Waals surface area contributed by atoms with Crippen LogP contribution in [-0.4, -0.2) is 20.2 Å². The molecule has 2 aromatic rings. The number of methoxy groups -OCH3 is 2. The molecule has 110 valence electrons. The fourth-order valence-electron chi connectivity index (χ4n) is 1.87. The lowest BCUT2D eigenvalue weighted by Crippen LogP contribution is -2.09. The van der Waals surface area contributed by atoms with Gasteiger partial charge in [0.1, 0.15) is 17.2 Å². The predicted octanol–water partition coefficient (Wildman–Crippen LogP) is 3.54. The van der Waals surface area contributed by atoms with E-state index in [0.29, 0.717) is 22.8 Å². The Bertz CT molecular complexity index is 640. The zero-order valence-corrected chi connectivity index (χ0v) is 12.6. The molecule has 4 heteroatoms. The van der Waals surface area contributed by atoms with Gasteiger partial charge in [0.2, 0.25) is 0 Å². The third-order valence-electron chi connectivity index (χ3n) is 3.28. The minimum atomic E-state index is -0.449. The summed E-state index contributed by atoms with van der Waals surface area (Å²) in [5.74, 6) is 1.16. The van der Waals surface area contributed by atoms with Crippen LogP contribution in [-0.2, 0) is 0 Å². The molecule has 0 N–H and O–H groups in total. The number of ether oxygens (including phenoxy) is 3. The topological polar surface area (TPSA) is 44.8 Å². The van der Waals surface area contributed by atoms with E-state index in [1.165, 1.54) is 14.2 Å². The fraction of sp³-hybridized carbons (Fsp3) is 0.235. The number of hydrogen-bond acceptors (Lipinski definition) is 4. The minimum Gasteiger partial charge on any atom is -0.497 e. The number of esters is 1. The first-order valence-electron chi connectivity index (χ1n) is 6.56. The summed E-state index contributed by atoms with van der Waals surface area (Å²) in [5, 5.41) is 0. The first kappa shape index (κ1) is 14.9. The lowest BCUT2D eigenvalue weighted by molar-refractivity contribution is 0.0734. The average molecular weight is 286 g/mol. The molecule has 0 unspecified atom stereocenters. The molecule has 0 aliphatic carbocycles. The highest BCUT2D eigenvalue weighted by Gasteiger charge is 2.12. The van der Waals surface area contributed by atoms with Crippen molar-refractivity contribution in [1.82, 2.24) is 0 Å². The molecule has 0 radical (unpaired) electrons. The van der Waals surface area contributed by atoms with Crippen LogP contribution in [0.15, 0.2) is 36.4 Å². The van der Waals surface area contributed by atoms with E-state index >= 15 is 0 Å². The number of carbonyl (C=O) groups is 1. The van der Waals surface area contributed by atoms with Crippen molar-refractivity contribution < 1.29 is 19.0 Å². The highest BCUT2D eigenvalue weighted by molar-refractivity contribution is 5.92. The van der Waals surface area contributed by atoms with Gasteiger partial charge in [0.25, 0.3) is 0 Å². The summed E-state index contributed by atoms with van der Waals surface area (Å²) >= 11 is 0. The maximum absolute atomic E-state index is 12.2. The van der Waals surface area contributed by atoms with Gasteiger partial charge in [0.05, 0.1) is 19.8 Å².